The molecule has 34 heavy (non-hydrogen) atoms. The number of methoxy groups -OCH3 is 1. The summed E-state index contributed by atoms with van der Waals surface area (Å²) in [5.74, 6) is -1.10. The number of sulfonamides is 1. The molecule has 12 heteroatoms. The number of nitrogens with one attached hydrogen (secondary N) is 1. The number of amides is 1. The minimum atomic E-state index is -3.76. The molecule has 1 aromatic heterocycles. The van der Waals surface area contributed by atoms with Gasteiger partial charge in [-0.3, -0.25) is 9.78 Å². The first-order valence-electron chi connectivity index (χ1n) is 10.8. The van der Waals surface area contributed by atoms with Crippen LogP contribution in [0, 0.1) is 0 Å². The number of hydrogen-bond acceptors (Lipinski definition) is 9. The Morgan fingerprint density at radius 2 is 1.68 bits per heavy atom. The third kappa shape index (κ3) is 5.20. The Hall–Kier alpha value is -3.06. The number of ether oxygens (including phenoxy) is 3. The van der Waals surface area contributed by atoms with E-state index in [1.54, 1.807) is 12.1 Å². The second kappa shape index (κ2) is 10.5. The quantitative estimate of drug-likeness (QED) is 0.589. The Bertz CT molecular complexity index is 1140. The van der Waals surface area contributed by atoms with Crippen LogP contribution in [0.15, 0.2) is 41.4 Å². The maximum Gasteiger partial charge on any atom is 0.339 e. The summed E-state index contributed by atoms with van der Waals surface area (Å²) >= 11 is 0. The molecule has 1 aromatic carbocycles. The minimum absolute atomic E-state index is 0.0713. The van der Waals surface area contributed by atoms with Crippen LogP contribution in [0.25, 0.3) is 0 Å². The van der Waals surface area contributed by atoms with Crippen molar-refractivity contribution in [3.8, 4) is 0 Å². The van der Waals surface area contributed by atoms with Crippen molar-refractivity contribution in [2.24, 2.45) is 0 Å². The van der Waals surface area contributed by atoms with Gasteiger partial charge in [-0.15, -0.1) is 0 Å². The lowest BCUT2D eigenvalue weighted by molar-refractivity contribution is 0.0599. The molecule has 2 aliphatic rings. The molecular weight excluding hydrogens is 464 g/mol. The highest BCUT2D eigenvalue weighted by Crippen LogP contribution is 2.31. The topological polar surface area (TPSA) is 127 Å². The number of pyridine rings is 1. The summed E-state index contributed by atoms with van der Waals surface area (Å²) in [6.45, 7) is 3.46. The molecule has 2 saturated heterocycles. The molecule has 2 aromatic rings. The fourth-order valence-corrected chi connectivity index (χ4v) is 5.18. The first-order chi connectivity index (χ1) is 16.4. The molecule has 0 aliphatic carbocycles. The van der Waals surface area contributed by atoms with Crippen molar-refractivity contribution in [3.05, 3.63) is 47.8 Å². The summed E-state index contributed by atoms with van der Waals surface area (Å²) < 4.78 is 43.1. The van der Waals surface area contributed by atoms with Gasteiger partial charge in [0.1, 0.15) is 5.69 Å². The average molecular weight is 491 g/mol. The Morgan fingerprint density at radius 1 is 1.00 bits per heavy atom. The van der Waals surface area contributed by atoms with E-state index in [2.05, 4.69) is 15.0 Å². The molecule has 2 fully saturated rings. The standard InChI is InChI=1S/C22H26N4O7S/c1-31-22(28)16-2-4-18(23-15-16)21(27)24-19-14-17(34(29,30)26-8-12-33-13-9-26)3-5-20(19)25-6-10-32-11-7-25/h2-5,14-15H,6-13H2,1H3,(H,24,27). The van der Waals surface area contributed by atoms with Crippen molar-refractivity contribution in [2.45, 2.75) is 4.90 Å². The van der Waals surface area contributed by atoms with Crippen molar-refractivity contribution in [3.63, 3.8) is 0 Å². The number of carbonyl (C=O) groups is 2. The number of nitrogens with zero attached hydrogens (tertiary/aromatic N) is 3. The van der Waals surface area contributed by atoms with E-state index < -0.39 is 21.9 Å². The highest BCUT2D eigenvalue weighted by Gasteiger charge is 2.28. The fourth-order valence-electron chi connectivity index (χ4n) is 3.74. The van der Waals surface area contributed by atoms with Gasteiger partial charge in [0.25, 0.3) is 5.91 Å². The molecule has 2 aliphatic heterocycles. The normalized spacial score (nSPS) is 17.3. The monoisotopic (exact) mass is 490 g/mol. The van der Waals surface area contributed by atoms with Gasteiger partial charge in [0.2, 0.25) is 10.0 Å². The lowest BCUT2D eigenvalue weighted by atomic mass is 10.2. The lowest BCUT2D eigenvalue weighted by Crippen LogP contribution is -2.40. The number of rotatable bonds is 6. The Balaban J connectivity index is 1.64. The zero-order valence-electron chi connectivity index (χ0n) is 18.7. The zero-order chi connectivity index (χ0) is 24.1. The van der Waals surface area contributed by atoms with Crippen molar-refractivity contribution < 1.29 is 32.2 Å². The van der Waals surface area contributed by atoms with Crippen LogP contribution in [0.1, 0.15) is 20.8 Å². The smallest absolute Gasteiger partial charge is 0.339 e. The SMILES string of the molecule is COC(=O)c1ccc(C(=O)Nc2cc(S(=O)(=O)N3CCOCC3)ccc2N2CCOCC2)nc1. The van der Waals surface area contributed by atoms with Crippen molar-refractivity contribution in [1.29, 1.82) is 0 Å². The van der Waals surface area contributed by atoms with E-state index in [1.165, 1.54) is 35.8 Å². The summed E-state index contributed by atoms with van der Waals surface area (Å²) in [4.78, 5) is 30.7. The van der Waals surface area contributed by atoms with Gasteiger partial charge in [-0.2, -0.15) is 4.31 Å². The van der Waals surface area contributed by atoms with Gasteiger partial charge in [-0.1, -0.05) is 0 Å². The molecular formula is C22H26N4O7S. The summed E-state index contributed by atoms with van der Waals surface area (Å²) in [5.41, 5.74) is 1.32. The molecule has 182 valence electrons. The fraction of sp³-hybridized carbons (Fsp3) is 0.409. The molecule has 1 amide bonds. The van der Waals surface area contributed by atoms with Crippen LogP contribution >= 0.6 is 0 Å². The highest BCUT2D eigenvalue weighted by atomic mass is 32.2. The first kappa shape index (κ1) is 24.1. The van der Waals surface area contributed by atoms with Gasteiger partial charge in [0, 0.05) is 32.4 Å². The molecule has 0 unspecified atom stereocenters. The molecule has 3 heterocycles. The molecule has 0 saturated carbocycles. The second-order valence-corrected chi connectivity index (χ2v) is 9.61. The average Bonchev–Trinajstić information content (AvgIpc) is 2.89. The van der Waals surface area contributed by atoms with Gasteiger partial charge in [0.05, 0.1) is 55.4 Å². The number of carbonyl (C=O) groups excluding carboxylic acids is 2. The number of hydrogen-bond donors (Lipinski definition) is 1. The van der Waals surface area contributed by atoms with E-state index in [4.69, 9.17) is 9.47 Å². The van der Waals surface area contributed by atoms with E-state index in [0.717, 1.165) is 0 Å². The van der Waals surface area contributed by atoms with Crippen molar-refractivity contribution in [2.75, 3.05) is 69.9 Å². The summed E-state index contributed by atoms with van der Waals surface area (Å²) in [7, 11) is -2.50. The largest absolute Gasteiger partial charge is 0.465 e. The van der Waals surface area contributed by atoms with Crippen LogP contribution in [0.2, 0.25) is 0 Å². The molecule has 0 spiro atoms. The van der Waals surface area contributed by atoms with Gasteiger partial charge >= 0.3 is 5.97 Å². The third-order valence-corrected chi connectivity index (χ3v) is 7.49. The van der Waals surface area contributed by atoms with E-state index in [0.29, 0.717) is 50.9 Å². The van der Waals surface area contributed by atoms with E-state index in [-0.39, 0.29) is 29.2 Å². The van der Waals surface area contributed by atoms with E-state index in [1.807, 2.05) is 4.90 Å². The van der Waals surface area contributed by atoms with Gasteiger partial charge in [0.15, 0.2) is 0 Å². The van der Waals surface area contributed by atoms with Gasteiger partial charge in [-0.05, 0) is 30.3 Å². The number of morpholine rings is 2. The molecule has 1 N–H and O–H groups in total. The predicted molar refractivity (Wildman–Crippen MR) is 123 cm³/mol. The molecule has 0 radical (unpaired) electrons. The second-order valence-electron chi connectivity index (χ2n) is 7.67. The number of aromatic nitrogens is 1. The third-order valence-electron chi connectivity index (χ3n) is 5.59. The Labute approximate surface area is 197 Å². The molecule has 4 rings (SSSR count). The van der Waals surface area contributed by atoms with Crippen molar-refractivity contribution in [1.82, 2.24) is 9.29 Å². The molecule has 11 nitrogen and oxygen atoms in total. The highest BCUT2D eigenvalue weighted by molar-refractivity contribution is 7.89. The van der Waals surface area contributed by atoms with Crippen LogP contribution < -0.4 is 10.2 Å². The van der Waals surface area contributed by atoms with Crippen LogP contribution in [-0.4, -0.2) is 89.3 Å². The minimum Gasteiger partial charge on any atom is -0.465 e. The van der Waals surface area contributed by atoms with E-state index >= 15 is 0 Å². The van der Waals surface area contributed by atoms with Crippen LogP contribution in [0.4, 0.5) is 11.4 Å². The molecule has 0 bridgehead atoms. The summed E-state index contributed by atoms with van der Waals surface area (Å²) in [6, 6.07) is 7.56. The Morgan fingerprint density at radius 3 is 2.29 bits per heavy atom. The maximum absolute atomic E-state index is 13.2. The van der Waals surface area contributed by atoms with Gasteiger partial charge < -0.3 is 24.4 Å². The van der Waals surface area contributed by atoms with E-state index in [9.17, 15) is 18.0 Å². The van der Waals surface area contributed by atoms with Gasteiger partial charge in [-0.25, -0.2) is 13.2 Å². The number of anilines is 2. The zero-order valence-corrected chi connectivity index (χ0v) is 19.5. The molecule has 0 atom stereocenters. The van der Waals surface area contributed by atoms with Crippen LogP contribution in [0.3, 0.4) is 0 Å². The first-order valence-corrected chi connectivity index (χ1v) is 12.2. The Kier molecular flexibility index (Phi) is 7.41. The van der Waals surface area contributed by atoms with Crippen LogP contribution in [0.5, 0.6) is 0 Å². The lowest BCUT2D eigenvalue weighted by Gasteiger charge is -2.31. The predicted octanol–water partition coefficient (Wildman–Crippen LogP) is 0.978. The number of benzene rings is 1. The maximum atomic E-state index is 13.2. The van der Waals surface area contributed by atoms with Crippen LogP contribution in [-0.2, 0) is 24.2 Å². The van der Waals surface area contributed by atoms with Crippen molar-refractivity contribution >= 4 is 33.3 Å². The number of esters is 1. The summed E-state index contributed by atoms with van der Waals surface area (Å²) in [5, 5.41) is 2.79. The summed E-state index contributed by atoms with van der Waals surface area (Å²) in [6.07, 6.45) is 1.25.